The van der Waals surface area contributed by atoms with Crippen LogP contribution in [0.15, 0.2) is 30.6 Å². The van der Waals surface area contributed by atoms with Crippen LogP contribution in [0.3, 0.4) is 0 Å². The Kier molecular flexibility index (Phi) is 3.36. The number of hydrogen-bond acceptors (Lipinski definition) is 2. The first-order valence-electron chi connectivity index (χ1n) is 7.21. The van der Waals surface area contributed by atoms with Gasteiger partial charge < -0.3 is 4.40 Å². The third-order valence-electron chi connectivity index (χ3n) is 4.32. The lowest BCUT2D eigenvalue weighted by molar-refractivity contribution is -0.125. The Hall–Kier alpha value is -1.64. The van der Waals surface area contributed by atoms with E-state index in [1.165, 1.54) is 6.42 Å². The van der Waals surface area contributed by atoms with Crippen LogP contribution >= 0.6 is 0 Å². The second kappa shape index (κ2) is 5.16. The molecule has 0 aromatic carbocycles. The van der Waals surface area contributed by atoms with Gasteiger partial charge in [-0.3, -0.25) is 4.79 Å². The molecule has 1 saturated carbocycles. The molecule has 100 valence electrons. The largest absolute Gasteiger partial charge is 0.307 e. The van der Waals surface area contributed by atoms with Crippen molar-refractivity contribution < 1.29 is 4.79 Å². The van der Waals surface area contributed by atoms with Gasteiger partial charge >= 0.3 is 0 Å². The van der Waals surface area contributed by atoms with Gasteiger partial charge in [-0.15, -0.1) is 0 Å². The summed E-state index contributed by atoms with van der Waals surface area (Å²) in [5, 5.41) is 0. The highest BCUT2D eigenvalue weighted by Gasteiger charge is 2.28. The highest BCUT2D eigenvalue weighted by Crippen LogP contribution is 2.30. The Morgan fingerprint density at radius 3 is 3.11 bits per heavy atom. The molecule has 2 aromatic rings. The number of Topliss-reactive ketones (excluding diaryl/α,β-unsaturated/α-hetero) is 1. The van der Waals surface area contributed by atoms with Crippen molar-refractivity contribution in [3.63, 3.8) is 0 Å². The van der Waals surface area contributed by atoms with Crippen LogP contribution in [-0.2, 0) is 11.2 Å². The Morgan fingerprint density at radius 1 is 1.42 bits per heavy atom. The van der Waals surface area contributed by atoms with Crippen LogP contribution in [0.1, 0.15) is 38.3 Å². The maximum atomic E-state index is 12.0. The molecule has 0 spiro atoms. The molecule has 19 heavy (non-hydrogen) atoms. The molecule has 0 N–H and O–H groups in total. The number of carbonyl (C=O) groups excluding carboxylic acids is 1. The molecule has 2 unspecified atom stereocenters. The number of carbonyl (C=O) groups is 1. The topological polar surface area (TPSA) is 34.4 Å². The normalized spacial score (nSPS) is 23.9. The lowest BCUT2D eigenvalue weighted by atomic mass is 9.77. The number of imidazole rings is 1. The molecule has 3 heteroatoms. The van der Waals surface area contributed by atoms with E-state index in [0.717, 1.165) is 42.9 Å². The van der Waals surface area contributed by atoms with E-state index in [-0.39, 0.29) is 5.92 Å². The zero-order valence-electron chi connectivity index (χ0n) is 11.4. The monoisotopic (exact) mass is 256 g/mol. The van der Waals surface area contributed by atoms with Crippen molar-refractivity contribution in [2.45, 2.75) is 39.0 Å². The fraction of sp³-hybridized carbons (Fsp3) is 0.500. The van der Waals surface area contributed by atoms with E-state index in [0.29, 0.717) is 5.78 Å². The van der Waals surface area contributed by atoms with Crippen LogP contribution in [0, 0.1) is 11.8 Å². The second-order valence-electron chi connectivity index (χ2n) is 5.61. The van der Waals surface area contributed by atoms with Crippen molar-refractivity contribution in [3.8, 4) is 0 Å². The summed E-state index contributed by atoms with van der Waals surface area (Å²) in [6.45, 7) is 2.22. The average Bonchev–Trinajstić information content (AvgIpc) is 2.83. The maximum Gasteiger partial charge on any atom is 0.136 e. The van der Waals surface area contributed by atoms with Crippen molar-refractivity contribution >= 4 is 11.4 Å². The van der Waals surface area contributed by atoms with Crippen LogP contribution in [-0.4, -0.2) is 15.2 Å². The van der Waals surface area contributed by atoms with E-state index in [2.05, 4.69) is 18.1 Å². The zero-order chi connectivity index (χ0) is 13.2. The number of aromatic nitrogens is 2. The molecule has 0 radical (unpaired) electrons. The van der Waals surface area contributed by atoms with Crippen LogP contribution in [0.25, 0.3) is 5.65 Å². The predicted octanol–water partition coefficient (Wildman–Crippen LogP) is 3.27. The van der Waals surface area contributed by atoms with Gasteiger partial charge in [0.05, 0.1) is 5.69 Å². The first-order valence-corrected chi connectivity index (χ1v) is 7.21. The number of rotatable bonds is 3. The van der Waals surface area contributed by atoms with Crippen molar-refractivity contribution in [3.05, 3.63) is 36.3 Å². The SMILES string of the molecule is CCC1CCC(=O)C(Cc2cn3ccccc3n2)C1. The second-order valence-corrected chi connectivity index (χ2v) is 5.61. The first kappa shape index (κ1) is 12.4. The van der Waals surface area contributed by atoms with Gasteiger partial charge in [0.2, 0.25) is 0 Å². The molecule has 3 rings (SSSR count). The third kappa shape index (κ3) is 2.55. The summed E-state index contributed by atoms with van der Waals surface area (Å²) in [5.41, 5.74) is 2.01. The smallest absolute Gasteiger partial charge is 0.136 e. The molecule has 0 saturated heterocycles. The van der Waals surface area contributed by atoms with Crippen LogP contribution in [0.5, 0.6) is 0 Å². The van der Waals surface area contributed by atoms with Gasteiger partial charge in [0.25, 0.3) is 0 Å². The lowest BCUT2D eigenvalue weighted by Gasteiger charge is -2.26. The number of fused-ring (bicyclic) bond motifs is 1. The minimum absolute atomic E-state index is 0.184. The summed E-state index contributed by atoms with van der Waals surface area (Å²) in [6, 6.07) is 5.99. The number of pyridine rings is 1. The molecular formula is C16H20N2O. The molecule has 2 atom stereocenters. The van der Waals surface area contributed by atoms with E-state index in [1.54, 1.807) is 0 Å². The van der Waals surface area contributed by atoms with Crippen molar-refractivity contribution in [2.75, 3.05) is 0 Å². The molecule has 1 aliphatic carbocycles. The van der Waals surface area contributed by atoms with Crippen molar-refractivity contribution in [1.82, 2.24) is 9.38 Å². The molecule has 2 aromatic heterocycles. The zero-order valence-corrected chi connectivity index (χ0v) is 11.4. The molecular weight excluding hydrogens is 236 g/mol. The summed E-state index contributed by atoms with van der Waals surface area (Å²) >= 11 is 0. The number of nitrogens with zero attached hydrogens (tertiary/aromatic N) is 2. The Balaban J connectivity index is 1.77. The minimum Gasteiger partial charge on any atom is -0.307 e. The number of hydrogen-bond donors (Lipinski definition) is 0. The van der Waals surface area contributed by atoms with Crippen LogP contribution in [0.2, 0.25) is 0 Å². The minimum atomic E-state index is 0.184. The summed E-state index contributed by atoms with van der Waals surface area (Å²) in [6.07, 6.45) is 8.93. The summed E-state index contributed by atoms with van der Waals surface area (Å²) < 4.78 is 2.03. The Bertz CT molecular complexity index is 554. The highest BCUT2D eigenvalue weighted by atomic mass is 16.1. The van der Waals surface area contributed by atoms with Crippen LogP contribution in [0.4, 0.5) is 0 Å². The van der Waals surface area contributed by atoms with Gasteiger partial charge in [0.1, 0.15) is 11.4 Å². The quantitative estimate of drug-likeness (QED) is 0.844. The fourth-order valence-electron chi connectivity index (χ4n) is 3.11. The molecule has 2 heterocycles. The van der Waals surface area contributed by atoms with Gasteiger partial charge in [-0.05, 0) is 30.9 Å². The average molecular weight is 256 g/mol. The van der Waals surface area contributed by atoms with Gasteiger partial charge in [0.15, 0.2) is 0 Å². The molecule has 1 fully saturated rings. The van der Waals surface area contributed by atoms with E-state index in [9.17, 15) is 4.79 Å². The Morgan fingerprint density at radius 2 is 2.32 bits per heavy atom. The first-order chi connectivity index (χ1) is 9.26. The molecule has 3 nitrogen and oxygen atoms in total. The van der Waals surface area contributed by atoms with E-state index in [4.69, 9.17) is 0 Å². The summed E-state index contributed by atoms with van der Waals surface area (Å²) in [4.78, 5) is 16.6. The molecule has 0 amide bonds. The van der Waals surface area contributed by atoms with Gasteiger partial charge in [-0.1, -0.05) is 19.4 Å². The van der Waals surface area contributed by atoms with E-state index < -0.39 is 0 Å². The molecule has 1 aliphatic rings. The fourth-order valence-corrected chi connectivity index (χ4v) is 3.11. The Labute approximate surface area is 113 Å². The van der Waals surface area contributed by atoms with Gasteiger partial charge in [0, 0.05) is 31.2 Å². The summed E-state index contributed by atoms with van der Waals surface area (Å²) in [5.74, 6) is 1.34. The van der Waals surface area contributed by atoms with Gasteiger partial charge in [-0.25, -0.2) is 4.98 Å². The lowest BCUT2D eigenvalue weighted by Crippen LogP contribution is -2.26. The summed E-state index contributed by atoms with van der Waals surface area (Å²) in [7, 11) is 0. The molecule has 0 aliphatic heterocycles. The van der Waals surface area contributed by atoms with E-state index in [1.807, 2.05) is 28.8 Å². The van der Waals surface area contributed by atoms with Gasteiger partial charge in [-0.2, -0.15) is 0 Å². The van der Waals surface area contributed by atoms with Crippen molar-refractivity contribution in [1.29, 1.82) is 0 Å². The highest BCUT2D eigenvalue weighted by molar-refractivity contribution is 5.82. The van der Waals surface area contributed by atoms with Crippen LogP contribution < -0.4 is 0 Å². The number of ketones is 1. The standard InChI is InChI=1S/C16H20N2O/c1-2-12-6-7-15(19)13(9-12)10-14-11-18-8-4-3-5-16(18)17-14/h3-5,8,11-13H,2,6-7,9-10H2,1H3. The molecule has 0 bridgehead atoms. The third-order valence-corrected chi connectivity index (χ3v) is 4.32. The van der Waals surface area contributed by atoms with Crippen molar-refractivity contribution in [2.24, 2.45) is 11.8 Å². The predicted molar refractivity (Wildman–Crippen MR) is 75.0 cm³/mol. The maximum absolute atomic E-state index is 12.0. The van der Waals surface area contributed by atoms with E-state index >= 15 is 0 Å².